The average Bonchev–Trinajstić information content (AvgIpc) is 2.32. The molecule has 0 unspecified atom stereocenters. The lowest BCUT2D eigenvalue weighted by Gasteiger charge is -2.31. The van der Waals surface area contributed by atoms with Crippen LogP contribution in [0, 0.1) is 0 Å². The maximum atomic E-state index is 11.8. The number of rotatable bonds is 3. The van der Waals surface area contributed by atoms with Crippen molar-refractivity contribution in [2.45, 2.75) is 44.1 Å². The monoisotopic (exact) mass is 250 g/mol. The number of pyridine rings is 1. The quantitative estimate of drug-likeness (QED) is 0.764. The molecule has 2 rings (SSSR count). The molecule has 1 aromatic rings. The Kier molecular flexibility index (Phi) is 3.81. The van der Waals surface area contributed by atoms with E-state index < -0.39 is 5.60 Å². The van der Waals surface area contributed by atoms with Crippen LogP contribution in [0.15, 0.2) is 18.3 Å². The Balaban J connectivity index is 1.94. The summed E-state index contributed by atoms with van der Waals surface area (Å²) >= 11 is 0. The van der Waals surface area contributed by atoms with Gasteiger partial charge in [-0.3, -0.25) is 4.79 Å². The number of aromatic hydroxyl groups is 1. The maximum absolute atomic E-state index is 11.8. The van der Waals surface area contributed by atoms with Crippen LogP contribution in [0.1, 0.15) is 38.5 Å². The third-order valence-corrected chi connectivity index (χ3v) is 3.32. The summed E-state index contributed by atoms with van der Waals surface area (Å²) in [6.45, 7) is 0. The van der Waals surface area contributed by atoms with E-state index in [0.29, 0.717) is 12.8 Å². The summed E-state index contributed by atoms with van der Waals surface area (Å²) in [5.74, 6) is -0.239. The number of carbonyl (C=O) groups excluding carboxylic acids is 1. The smallest absolute Gasteiger partial charge is 0.228 e. The summed E-state index contributed by atoms with van der Waals surface area (Å²) in [4.78, 5) is 15.7. The molecule has 0 bridgehead atoms. The highest BCUT2D eigenvalue weighted by Crippen LogP contribution is 2.31. The zero-order chi connectivity index (χ0) is 13.0. The molecule has 1 aliphatic rings. The lowest BCUT2D eigenvalue weighted by atomic mass is 9.82. The second-order valence-electron chi connectivity index (χ2n) is 4.88. The molecule has 1 fully saturated rings. The lowest BCUT2D eigenvalue weighted by molar-refractivity contribution is -0.122. The van der Waals surface area contributed by atoms with Crippen molar-refractivity contribution in [2.24, 2.45) is 0 Å². The van der Waals surface area contributed by atoms with Gasteiger partial charge < -0.3 is 15.5 Å². The van der Waals surface area contributed by atoms with Crippen LogP contribution >= 0.6 is 0 Å². The van der Waals surface area contributed by atoms with E-state index in [1.165, 1.54) is 12.3 Å². The SMILES string of the molecule is O=C(CC1(O)CCCCC1)Nc1ncccc1O. The first-order valence-corrected chi connectivity index (χ1v) is 6.25. The van der Waals surface area contributed by atoms with Crippen molar-refractivity contribution in [1.82, 2.24) is 4.98 Å². The summed E-state index contributed by atoms with van der Waals surface area (Å²) in [6.07, 6.45) is 5.90. The molecule has 1 heterocycles. The standard InChI is InChI=1S/C13H18N2O3/c16-10-5-4-8-14-12(10)15-11(17)9-13(18)6-2-1-3-7-13/h4-5,8,16,18H,1-3,6-7,9H2,(H,14,15,17). The first-order valence-electron chi connectivity index (χ1n) is 6.25. The average molecular weight is 250 g/mol. The molecular formula is C13H18N2O3. The van der Waals surface area contributed by atoms with Gasteiger partial charge in [-0.05, 0) is 25.0 Å². The summed E-state index contributed by atoms with van der Waals surface area (Å²) < 4.78 is 0. The van der Waals surface area contributed by atoms with Crippen LogP contribution in [-0.2, 0) is 4.79 Å². The lowest BCUT2D eigenvalue weighted by Crippen LogP contribution is -2.36. The van der Waals surface area contributed by atoms with Crippen LogP contribution in [0.5, 0.6) is 5.75 Å². The van der Waals surface area contributed by atoms with E-state index >= 15 is 0 Å². The zero-order valence-corrected chi connectivity index (χ0v) is 10.2. The van der Waals surface area contributed by atoms with Gasteiger partial charge >= 0.3 is 0 Å². The highest BCUT2D eigenvalue weighted by Gasteiger charge is 2.31. The molecule has 3 N–H and O–H groups in total. The zero-order valence-electron chi connectivity index (χ0n) is 10.2. The first kappa shape index (κ1) is 12.8. The van der Waals surface area contributed by atoms with Crippen molar-refractivity contribution in [2.75, 3.05) is 5.32 Å². The third kappa shape index (κ3) is 3.20. The first-order chi connectivity index (χ1) is 8.59. The molecule has 0 saturated heterocycles. The van der Waals surface area contributed by atoms with Gasteiger partial charge in [0.25, 0.3) is 0 Å². The molecule has 0 aromatic carbocycles. The Hall–Kier alpha value is -1.62. The molecule has 0 radical (unpaired) electrons. The van der Waals surface area contributed by atoms with Crippen molar-refractivity contribution in [3.63, 3.8) is 0 Å². The summed E-state index contributed by atoms with van der Waals surface area (Å²) in [5, 5.41) is 22.3. The topological polar surface area (TPSA) is 82.5 Å². The van der Waals surface area contributed by atoms with Crippen LogP contribution in [0.2, 0.25) is 0 Å². The Morgan fingerprint density at radius 3 is 2.78 bits per heavy atom. The molecule has 0 aliphatic heterocycles. The molecular weight excluding hydrogens is 232 g/mol. The molecule has 0 atom stereocenters. The number of hydrogen-bond acceptors (Lipinski definition) is 4. The largest absolute Gasteiger partial charge is 0.504 e. The van der Waals surface area contributed by atoms with Crippen molar-refractivity contribution in [3.05, 3.63) is 18.3 Å². The fourth-order valence-electron chi connectivity index (χ4n) is 2.35. The number of aromatic nitrogens is 1. The van der Waals surface area contributed by atoms with Gasteiger partial charge in [0, 0.05) is 6.20 Å². The molecule has 5 heteroatoms. The maximum Gasteiger partial charge on any atom is 0.228 e. The fraction of sp³-hybridized carbons (Fsp3) is 0.538. The van der Waals surface area contributed by atoms with E-state index in [0.717, 1.165) is 19.3 Å². The number of hydrogen-bond donors (Lipinski definition) is 3. The van der Waals surface area contributed by atoms with Crippen molar-refractivity contribution in [1.29, 1.82) is 0 Å². The van der Waals surface area contributed by atoms with Gasteiger partial charge in [0.15, 0.2) is 11.6 Å². The number of aliphatic hydroxyl groups is 1. The molecule has 18 heavy (non-hydrogen) atoms. The molecule has 1 saturated carbocycles. The van der Waals surface area contributed by atoms with E-state index in [1.807, 2.05) is 0 Å². The number of carbonyl (C=O) groups is 1. The Labute approximate surface area is 106 Å². The minimum absolute atomic E-state index is 0.0585. The van der Waals surface area contributed by atoms with E-state index in [-0.39, 0.29) is 23.9 Å². The van der Waals surface area contributed by atoms with Crippen molar-refractivity contribution >= 4 is 11.7 Å². The normalized spacial score (nSPS) is 18.3. The van der Waals surface area contributed by atoms with Crippen LogP contribution in [-0.4, -0.2) is 26.7 Å². The second-order valence-corrected chi connectivity index (χ2v) is 4.88. The van der Waals surface area contributed by atoms with Gasteiger partial charge in [-0.15, -0.1) is 0 Å². The minimum atomic E-state index is -0.896. The van der Waals surface area contributed by atoms with Crippen LogP contribution in [0.25, 0.3) is 0 Å². The van der Waals surface area contributed by atoms with Crippen molar-refractivity contribution < 1.29 is 15.0 Å². The fourth-order valence-corrected chi connectivity index (χ4v) is 2.35. The summed E-state index contributed by atoms with van der Waals surface area (Å²) in [5.41, 5.74) is -0.896. The summed E-state index contributed by atoms with van der Waals surface area (Å²) in [6, 6.07) is 3.04. The Bertz CT molecular complexity index is 428. The third-order valence-electron chi connectivity index (χ3n) is 3.32. The molecule has 0 spiro atoms. The van der Waals surface area contributed by atoms with E-state index in [9.17, 15) is 15.0 Å². The predicted octanol–water partition coefficient (Wildman–Crippen LogP) is 1.81. The number of amides is 1. The Morgan fingerprint density at radius 2 is 2.11 bits per heavy atom. The Morgan fingerprint density at radius 1 is 1.39 bits per heavy atom. The number of anilines is 1. The minimum Gasteiger partial charge on any atom is -0.504 e. The summed E-state index contributed by atoms with van der Waals surface area (Å²) in [7, 11) is 0. The van der Waals surface area contributed by atoms with E-state index in [1.54, 1.807) is 6.07 Å². The van der Waals surface area contributed by atoms with E-state index in [2.05, 4.69) is 10.3 Å². The van der Waals surface area contributed by atoms with Gasteiger partial charge in [-0.25, -0.2) is 4.98 Å². The molecule has 1 aliphatic carbocycles. The number of nitrogens with zero attached hydrogens (tertiary/aromatic N) is 1. The van der Waals surface area contributed by atoms with Gasteiger partial charge in [0.1, 0.15) is 0 Å². The highest BCUT2D eigenvalue weighted by atomic mass is 16.3. The predicted molar refractivity (Wildman–Crippen MR) is 67.2 cm³/mol. The molecule has 98 valence electrons. The van der Waals surface area contributed by atoms with Crippen molar-refractivity contribution in [3.8, 4) is 5.75 Å². The van der Waals surface area contributed by atoms with Gasteiger partial charge in [-0.1, -0.05) is 19.3 Å². The van der Waals surface area contributed by atoms with Crippen LogP contribution in [0.3, 0.4) is 0 Å². The number of nitrogens with one attached hydrogen (secondary N) is 1. The van der Waals surface area contributed by atoms with Gasteiger partial charge in [-0.2, -0.15) is 0 Å². The molecule has 1 amide bonds. The highest BCUT2D eigenvalue weighted by molar-refractivity contribution is 5.91. The molecule has 1 aromatic heterocycles. The van der Waals surface area contributed by atoms with Crippen LogP contribution < -0.4 is 5.32 Å². The van der Waals surface area contributed by atoms with E-state index in [4.69, 9.17) is 0 Å². The van der Waals surface area contributed by atoms with Crippen LogP contribution in [0.4, 0.5) is 5.82 Å². The molecule has 5 nitrogen and oxygen atoms in total. The van der Waals surface area contributed by atoms with Gasteiger partial charge in [0.05, 0.1) is 12.0 Å². The second kappa shape index (κ2) is 5.35. The van der Waals surface area contributed by atoms with Gasteiger partial charge in [0.2, 0.25) is 5.91 Å².